The van der Waals surface area contributed by atoms with Crippen molar-refractivity contribution >= 4 is 33.7 Å². The van der Waals surface area contributed by atoms with Crippen LogP contribution in [-0.2, 0) is 9.63 Å². The van der Waals surface area contributed by atoms with E-state index in [0.29, 0.717) is 11.3 Å². The van der Waals surface area contributed by atoms with Crippen molar-refractivity contribution in [3.63, 3.8) is 0 Å². The Morgan fingerprint density at radius 2 is 1.92 bits per heavy atom. The molecule has 1 N–H and O–H groups in total. The first-order valence-corrected chi connectivity index (χ1v) is 7.58. The molecule has 0 aliphatic heterocycles. The zero-order valence-corrected chi connectivity index (χ0v) is 13.9. The van der Waals surface area contributed by atoms with Gasteiger partial charge in [-0.05, 0) is 36.4 Å². The van der Waals surface area contributed by atoms with Gasteiger partial charge in [-0.3, -0.25) is 4.79 Å². The number of amides is 1. The van der Waals surface area contributed by atoms with Gasteiger partial charge in [0.2, 0.25) is 0 Å². The minimum absolute atomic E-state index is 0.0286. The van der Waals surface area contributed by atoms with Gasteiger partial charge in [-0.2, -0.15) is 8.78 Å². The molecule has 1 amide bonds. The largest absolute Gasteiger partial charge is 0.434 e. The molecular weight excluding hydrogens is 386 g/mol. The smallest absolute Gasteiger partial charge is 0.387 e. The van der Waals surface area contributed by atoms with Gasteiger partial charge in [-0.25, -0.2) is 0 Å². The molecule has 126 valence electrons. The molecule has 0 spiro atoms. The van der Waals surface area contributed by atoms with Gasteiger partial charge in [-0.15, -0.1) is 0 Å². The molecule has 0 aromatic heterocycles. The average Bonchev–Trinajstić information content (AvgIpc) is 2.55. The summed E-state index contributed by atoms with van der Waals surface area (Å²) in [4.78, 5) is 16.5. The number of ether oxygens (including phenoxy) is 1. The van der Waals surface area contributed by atoms with Gasteiger partial charge < -0.3 is 14.9 Å². The topological polar surface area (TPSA) is 59.9 Å². The molecule has 0 saturated carbocycles. The monoisotopic (exact) mass is 398 g/mol. The molecule has 2 aromatic carbocycles. The van der Waals surface area contributed by atoms with Crippen LogP contribution >= 0.6 is 15.9 Å². The van der Waals surface area contributed by atoms with E-state index in [9.17, 15) is 13.6 Å². The molecule has 0 aliphatic carbocycles. The minimum Gasteiger partial charge on any atom is -0.434 e. The van der Waals surface area contributed by atoms with Crippen LogP contribution < -0.4 is 10.1 Å². The molecule has 0 atom stereocenters. The summed E-state index contributed by atoms with van der Waals surface area (Å²) in [6.07, 6.45) is 1.20. The number of carbonyl (C=O) groups excluding carboxylic acids is 1. The first kappa shape index (κ1) is 17.9. The molecule has 0 heterocycles. The van der Waals surface area contributed by atoms with Gasteiger partial charge in [0, 0.05) is 15.7 Å². The Labute approximate surface area is 145 Å². The predicted molar refractivity (Wildman–Crippen MR) is 89.4 cm³/mol. The molecule has 24 heavy (non-hydrogen) atoms. The van der Waals surface area contributed by atoms with E-state index in [1.165, 1.54) is 18.3 Å². The zero-order valence-electron chi connectivity index (χ0n) is 12.3. The predicted octanol–water partition coefficient (Wildman–Crippen LogP) is 4.04. The van der Waals surface area contributed by atoms with E-state index in [2.05, 4.69) is 31.1 Å². The quantitative estimate of drug-likeness (QED) is 0.565. The molecule has 0 bridgehead atoms. The number of nitrogens with one attached hydrogen (secondary N) is 1. The second kappa shape index (κ2) is 8.97. The lowest BCUT2D eigenvalue weighted by Gasteiger charge is -2.07. The highest BCUT2D eigenvalue weighted by molar-refractivity contribution is 9.10. The molecule has 2 aromatic rings. The van der Waals surface area contributed by atoms with Crippen LogP contribution in [-0.4, -0.2) is 25.3 Å². The van der Waals surface area contributed by atoms with Crippen molar-refractivity contribution in [1.82, 2.24) is 0 Å². The number of anilines is 1. The molecular formula is C16H13BrF2N2O3. The van der Waals surface area contributed by atoms with Crippen LogP contribution in [0.25, 0.3) is 0 Å². The van der Waals surface area contributed by atoms with E-state index in [1.807, 2.05) is 0 Å². The third-order valence-corrected chi connectivity index (χ3v) is 3.25. The third-order valence-electron chi connectivity index (χ3n) is 2.73. The summed E-state index contributed by atoms with van der Waals surface area (Å²) in [5, 5.41) is 6.21. The molecule has 0 fully saturated rings. The van der Waals surface area contributed by atoms with Crippen LogP contribution in [0.1, 0.15) is 5.56 Å². The van der Waals surface area contributed by atoms with E-state index in [4.69, 9.17) is 4.84 Å². The van der Waals surface area contributed by atoms with E-state index in [-0.39, 0.29) is 12.4 Å². The lowest BCUT2D eigenvalue weighted by molar-refractivity contribution is -0.120. The van der Waals surface area contributed by atoms with Gasteiger partial charge in [-0.1, -0.05) is 33.2 Å². The number of oxime groups is 1. The van der Waals surface area contributed by atoms with Crippen molar-refractivity contribution in [1.29, 1.82) is 0 Å². The summed E-state index contributed by atoms with van der Waals surface area (Å²) in [5.74, 6) is -0.425. The number of hydrogen-bond donors (Lipinski definition) is 1. The Hall–Kier alpha value is -2.48. The molecule has 2 rings (SSSR count). The van der Waals surface area contributed by atoms with Crippen LogP contribution in [0.4, 0.5) is 14.5 Å². The van der Waals surface area contributed by atoms with Gasteiger partial charge in [0.15, 0.2) is 6.61 Å². The maximum Gasteiger partial charge on any atom is 0.387 e. The molecule has 8 heteroatoms. The first-order chi connectivity index (χ1) is 11.5. The SMILES string of the molecule is O=C(CON=Cc1ccccc1OC(F)F)Nc1ccc(Br)cc1. The van der Waals surface area contributed by atoms with Crippen LogP contribution in [0.3, 0.4) is 0 Å². The van der Waals surface area contributed by atoms with E-state index < -0.39 is 12.5 Å². The van der Waals surface area contributed by atoms with E-state index >= 15 is 0 Å². The van der Waals surface area contributed by atoms with Crippen LogP contribution in [0, 0.1) is 0 Å². The maximum absolute atomic E-state index is 12.3. The van der Waals surface area contributed by atoms with Gasteiger partial charge in [0.25, 0.3) is 5.91 Å². The minimum atomic E-state index is -2.93. The normalized spacial score (nSPS) is 10.8. The fraction of sp³-hybridized carbons (Fsp3) is 0.125. The molecule has 0 saturated heterocycles. The molecule has 0 radical (unpaired) electrons. The summed E-state index contributed by atoms with van der Waals surface area (Å²) in [7, 11) is 0. The summed E-state index contributed by atoms with van der Waals surface area (Å²) in [6, 6.07) is 13.1. The Morgan fingerprint density at radius 3 is 2.62 bits per heavy atom. The number of benzene rings is 2. The average molecular weight is 399 g/mol. The maximum atomic E-state index is 12.3. The molecule has 0 unspecified atom stereocenters. The number of halogens is 3. The van der Waals surface area contributed by atoms with Crippen LogP contribution in [0.5, 0.6) is 5.75 Å². The van der Waals surface area contributed by atoms with Crippen molar-refractivity contribution in [2.75, 3.05) is 11.9 Å². The first-order valence-electron chi connectivity index (χ1n) is 6.79. The second-order valence-electron chi connectivity index (χ2n) is 4.48. The lowest BCUT2D eigenvalue weighted by atomic mass is 10.2. The van der Waals surface area contributed by atoms with Gasteiger partial charge >= 0.3 is 6.61 Å². The van der Waals surface area contributed by atoms with Gasteiger partial charge in [0.1, 0.15) is 5.75 Å². The number of nitrogens with zero attached hydrogens (tertiary/aromatic N) is 1. The number of alkyl halides is 2. The van der Waals surface area contributed by atoms with Crippen molar-refractivity contribution in [3.05, 3.63) is 58.6 Å². The summed E-state index contributed by atoms with van der Waals surface area (Å²) in [6.45, 7) is -3.25. The van der Waals surface area contributed by atoms with Crippen molar-refractivity contribution in [2.24, 2.45) is 5.16 Å². The Balaban J connectivity index is 1.84. The number of hydrogen-bond acceptors (Lipinski definition) is 4. The molecule has 0 aliphatic rings. The Bertz CT molecular complexity index is 709. The van der Waals surface area contributed by atoms with E-state index in [0.717, 1.165) is 4.47 Å². The Kier molecular flexibility index (Phi) is 6.68. The second-order valence-corrected chi connectivity index (χ2v) is 5.40. The Morgan fingerprint density at radius 1 is 1.21 bits per heavy atom. The summed E-state index contributed by atoms with van der Waals surface area (Å²) >= 11 is 3.29. The highest BCUT2D eigenvalue weighted by Gasteiger charge is 2.07. The van der Waals surface area contributed by atoms with Crippen molar-refractivity contribution < 1.29 is 23.1 Å². The highest BCUT2D eigenvalue weighted by atomic mass is 79.9. The van der Waals surface area contributed by atoms with Crippen molar-refractivity contribution in [2.45, 2.75) is 6.61 Å². The zero-order chi connectivity index (χ0) is 17.4. The van der Waals surface area contributed by atoms with E-state index in [1.54, 1.807) is 36.4 Å². The number of para-hydroxylation sites is 1. The summed E-state index contributed by atoms with van der Waals surface area (Å²) in [5.41, 5.74) is 0.928. The standard InChI is InChI=1S/C16H13BrF2N2O3/c17-12-5-7-13(8-6-12)21-15(22)10-23-20-9-11-3-1-2-4-14(11)24-16(18)19/h1-9,16H,10H2,(H,21,22). The lowest BCUT2D eigenvalue weighted by Crippen LogP contribution is -2.16. The van der Waals surface area contributed by atoms with Crippen LogP contribution in [0.2, 0.25) is 0 Å². The number of carbonyl (C=O) groups is 1. The van der Waals surface area contributed by atoms with Gasteiger partial charge in [0.05, 0.1) is 6.21 Å². The fourth-order valence-electron chi connectivity index (χ4n) is 1.71. The fourth-order valence-corrected chi connectivity index (χ4v) is 1.98. The van der Waals surface area contributed by atoms with Crippen molar-refractivity contribution in [3.8, 4) is 5.75 Å². The summed E-state index contributed by atoms with van der Waals surface area (Å²) < 4.78 is 29.8. The van der Waals surface area contributed by atoms with Crippen LogP contribution in [0.15, 0.2) is 58.2 Å². The highest BCUT2D eigenvalue weighted by Crippen LogP contribution is 2.18. The third kappa shape index (κ3) is 5.96. The molecule has 5 nitrogen and oxygen atoms in total. The number of rotatable bonds is 7.